The molecule has 3 aromatic carbocycles. The summed E-state index contributed by atoms with van der Waals surface area (Å²) in [6, 6.07) is 13.0. The average Bonchev–Trinajstić information content (AvgIpc) is 3.68. The van der Waals surface area contributed by atoms with Crippen molar-refractivity contribution >= 4 is 28.7 Å². The molecule has 2 amide bonds. The van der Waals surface area contributed by atoms with E-state index < -0.39 is 12.2 Å². The lowest BCUT2D eigenvalue weighted by atomic mass is 10.0. The summed E-state index contributed by atoms with van der Waals surface area (Å²) >= 11 is 0. The fourth-order valence-electron chi connectivity index (χ4n) is 5.97. The second-order valence-electron chi connectivity index (χ2n) is 11.2. The van der Waals surface area contributed by atoms with Crippen molar-refractivity contribution in [3.8, 4) is 40.0 Å². The molecule has 0 saturated heterocycles. The van der Waals surface area contributed by atoms with Gasteiger partial charge in [-0.15, -0.1) is 0 Å². The molecule has 0 unspecified atom stereocenters. The Hall–Kier alpha value is -5.76. The average molecular weight is 674 g/mol. The van der Waals surface area contributed by atoms with Gasteiger partial charge in [0.25, 0.3) is 5.56 Å². The number of nitrogens with zero attached hydrogens (tertiary/aromatic N) is 2. The molecule has 4 aromatic rings. The Morgan fingerprint density at radius 3 is 2.27 bits per heavy atom. The van der Waals surface area contributed by atoms with Crippen LogP contribution in [0.3, 0.4) is 0 Å². The fraction of sp³-hybridized carbons (Fsp3) is 0.314. The summed E-state index contributed by atoms with van der Waals surface area (Å²) in [5, 5.41) is 12.9. The Morgan fingerprint density at radius 2 is 1.61 bits per heavy atom. The Labute approximate surface area is 280 Å². The number of ketones is 1. The number of hydrogen-bond acceptors (Lipinski definition) is 11. The molecule has 2 aliphatic rings. The molecule has 1 aliphatic heterocycles. The van der Waals surface area contributed by atoms with Crippen molar-refractivity contribution in [3.63, 3.8) is 0 Å². The zero-order valence-corrected chi connectivity index (χ0v) is 27.2. The molecule has 6 rings (SSSR count). The number of methoxy groups -OCH3 is 2. The third-order valence-electron chi connectivity index (χ3n) is 8.27. The summed E-state index contributed by atoms with van der Waals surface area (Å²) < 4.78 is 34.2. The SMILES string of the molecule is CCNC(=O)Oc1ccc(COC(=O)N(CCO)CCCn2c3c(c4cc(OC)c(OC)cc4c2=O)C(=O)c2cc4c(cc2-3)OCO4)cc1. The van der Waals surface area contributed by atoms with E-state index >= 15 is 0 Å². The third kappa shape index (κ3) is 6.42. The first-order valence-electron chi connectivity index (χ1n) is 15.7. The predicted octanol–water partition coefficient (Wildman–Crippen LogP) is 4.09. The topological polar surface area (TPSA) is 164 Å². The number of benzene rings is 3. The van der Waals surface area contributed by atoms with Gasteiger partial charge in [-0.3, -0.25) is 9.59 Å². The second kappa shape index (κ2) is 14.2. The number of hydrogen-bond donors (Lipinski definition) is 2. The van der Waals surface area contributed by atoms with E-state index in [-0.39, 0.29) is 56.4 Å². The van der Waals surface area contributed by atoms with Crippen molar-refractivity contribution in [2.75, 3.05) is 47.3 Å². The molecule has 256 valence electrons. The van der Waals surface area contributed by atoms with Crippen molar-refractivity contribution in [2.45, 2.75) is 26.5 Å². The van der Waals surface area contributed by atoms with Gasteiger partial charge in [0, 0.05) is 42.7 Å². The van der Waals surface area contributed by atoms with Crippen LogP contribution in [-0.2, 0) is 17.9 Å². The van der Waals surface area contributed by atoms with Crippen LogP contribution in [0.4, 0.5) is 9.59 Å². The summed E-state index contributed by atoms with van der Waals surface area (Å²) in [6.45, 7) is 2.16. The molecule has 0 saturated carbocycles. The van der Waals surface area contributed by atoms with E-state index in [0.29, 0.717) is 75.0 Å². The van der Waals surface area contributed by atoms with Gasteiger partial charge in [0.05, 0.1) is 37.5 Å². The van der Waals surface area contributed by atoms with Crippen LogP contribution >= 0.6 is 0 Å². The first kappa shape index (κ1) is 33.2. The minimum atomic E-state index is -0.655. The molecule has 1 aliphatic carbocycles. The summed E-state index contributed by atoms with van der Waals surface area (Å²) in [4.78, 5) is 54.1. The number of aromatic nitrogens is 1. The summed E-state index contributed by atoms with van der Waals surface area (Å²) in [6.07, 6.45) is -0.932. The first-order valence-corrected chi connectivity index (χ1v) is 15.7. The predicted molar refractivity (Wildman–Crippen MR) is 176 cm³/mol. The third-order valence-corrected chi connectivity index (χ3v) is 8.27. The van der Waals surface area contributed by atoms with Crippen molar-refractivity contribution in [1.82, 2.24) is 14.8 Å². The normalized spacial score (nSPS) is 12.4. The van der Waals surface area contributed by atoms with Gasteiger partial charge in [0.2, 0.25) is 6.79 Å². The van der Waals surface area contributed by atoms with Gasteiger partial charge < -0.3 is 48.3 Å². The maximum absolute atomic E-state index is 14.1. The van der Waals surface area contributed by atoms with Gasteiger partial charge in [0.15, 0.2) is 28.8 Å². The molecule has 0 atom stereocenters. The molecule has 2 N–H and O–H groups in total. The van der Waals surface area contributed by atoms with Crippen LogP contribution in [0.1, 0.15) is 34.8 Å². The van der Waals surface area contributed by atoms with Gasteiger partial charge in [0.1, 0.15) is 12.4 Å². The molecular formula is C35H35N3O11. The van der Waals surface area contributed by atoms with Crippen molar-refractivity contribution in [3.05, 3.63) is 75.6 Å². The molecular weight excluding hydrogens is 638 g/mol. The quantitative estimate of drug-likeness (QED) is 0.196. The molecule has 14 heteroatoms. The van der Waals surface area contributed by atoms with E-state index in [1.54, 1.807) is 55.5 Å². The van der Waals surface area contributed by atoms with Crippen LogP contribution in [0.5, 0.6) is 28.7 Å². The molecule has 1 aromatic heterocycles. The zero-order chi connectivity index (χ0) is 34.7. The Kier molecular flexibility index (Phi) is 9.58. The molecule has 0 bridgehead atoms. The Morgan fingerprint density at radius 1 is 0.939 bits per heavy atom. The van der Waals surface area contributed by atoms with E-state index in [4.69, 9.17) is 28.4 Å². The van der Waals surface area contributed by atoms with E-state index in [9.17, 15) is 24.3 Å². The van der Waals surface area contributed by atoms with E-state index in [1.807, 2.05) is 0 Å². The van der Waals surface area contributed by atoms with Crippen molar-refractivity contribution in [2.24, 2.45) is 0 Å². The number of amides is 2. The number of nitrogens with one attached hydrogen (secondary N) is 1. The zero-order valence-electron chi connectivity index (χ0n) is 27.2. The highest BCUT2D eigenvalue weighted by Gasteiger charge is 2.36. The second-order valence-corrected chi connectivity index (χ2v) is 11.2. The van der Waals surface area contributed by atoms with E-state index in [2.05, 4.69) is 5.32 Å². The van der Waals surface area contributed by atoms with Crippen LogP contribution in [-0.4, -0.2) is 79.8 Å². The Bertz CT molecular complexity index is 1990. The largest absolute Gasteiger partial charge is 0.493 e. The standard InChI is InChI=1S/C35H35N3O11/c1-4-36-34(42)49-21-8-6-20(7-9-21)18-46-35(43)37(12-13-39)10-5-11-38-31-23-15-28-29(48-19-47-28)16-24(23)32(40)30(31)22-14-26(44-2)27(45-3)17-25(22)33(38)41/h6-9,14-17,39H,4-5,10-13,18-19H2,1-3H3,(H,36,42). The molecule has 2 heterocycles. The number of ether oxygens (including phenoxy) is 6. The number of aliphatic hydroxyl groups is 1. The van der Waals surface area contributed by atoms with Gasteiger partial charge in [-0.1, -0.05) is 12.1 Å². The van der Waals surface area contributed by atoms with Crippen LogP contribution in [0.15, 0.2) is 53.3 Å². The van der Waals surface area contributed by atoms with Gasteiger partial charge in [-0.05, 0) is 55.3 Å². The van der Waals surface area contributed by atoms with Crippen LogP contribution in [0.2, 0.25) is 0 Å². The number of carbonyl (C=O) groups is 3. The Balaban J connectivity index is 1.24. The number of carbonyl (C=O) groups excluding carboxylic acids is 3. The molecule has 0 fully saturated rings. The van der Waals surface area contributed by atoms with E-state index in [0.717, 1.165) is 0 Å². The number of aliphatic hydroxyl groups excluding tert-OH is 1. The number of fused-ring (bicyclic) bond motifs is 6. The fourth-order valence-corrected chi connectivity index (χ4v) is 5.97. The summed E-state index contributed by atoms with van der Waals surface area (Å²) in [5.74, 6) is 1.68. The lowest BCUT2D eigenvalue weighted by Gasteiger charge is -2.22. The van der Waals surface area contributed by atoms with Crippen LogP contribution in [0.25, 0.3) is 22.0 Å². The van der Waals surface area contributed by atoms with Crippen LogP contribution < -0.4 is 34.6 Å². The minimum Gasteiger partial charge on any atom is -0.493 e. The van der Waals surface area contributed by atoms with Gasteiger partial charge >= 0.3 is 12.2 Å². The van der Waals surface area contributed by atoms with Crippen molar-refractivity contribution < 1.29 is 47.9 Å². The maximum atomic E-state index is 14.1. The lowest BCUT2D eigenvalue weighted by molar-refractivity contribution is 0.0876. The highest BCUT2D eigenvalue weighted by atomic mass is 16.7. The number of pyridine rings is 1. The molecule has 0 spiro atoms. The highest BCUT2D eigenvalue weighted by Crippen LogP contribution is 2.47. The molecule has 0 radical (unpaired) electrons. The van der Waals surface area contributed by atoms with Crippen LogP contribution in [0, 0.1) is 0 Å². The highest BCUT2D eigenvalue weighted by molar-refractivity contribution is 6.27. The minimum absolute atomic E-state index is 0.00463. The summed E-state index contributed by atoms with van der Waals surface area (Å²) in [7, 11) is 2.94. The van der Waals surface area contributed by atoms with E-state index in [1.165, 1.54) is 23.7 Å². The molecule has 14 nitrogen and oxygen atoms in total. The molecule has 49 heavy (non-hydrogen) atoms. The summed E-state index contributed by atoms with van der Waals surface area (Å²) in [5.41, 5.74) is 1.98. The van der Waals surface area contributed by atoms with Gasteiger partial charge in [-0.25, -0.2) is 9.59 Å². The van der Waals surface area contributed by atoms with Crippen molar-refractivity contribution in [1.29, 1.82) is 0 Å². The van der Waals surface area contributed by atoms with Gasteiger partial charge in [-0.2, -0.15) is 0 Å². The first-order chi connectivity index (χ1) is 23.8. The smallest absolute Gasteiger partial charge is 0.412 e. The maximum Gasteiger partial charge on any atom is 0.412 e. The lowest BCUT2D eigenvalue weighted by Crippen LogP contribution is -2.36. The number of rotatable bonds is 12. The monoisotopic (exact) mass is 673 g/mol.